The largest absolute Gasteiger partial charge is 0.390 e. The molecule has 4 nitrogen and oxygen atoms in total. The molecule has 0 aromatic carbocycles. The first-order valence-corrected chi connectivity index (χ1v) is 12.1. The van der Waals surface area contributed by atoms with Crippen LogP contribution in [0.2, 0.25) is 0 Å². The van der Waals surface area contributed by atoms with Crippen molar-refractivity contribution in [1.29, 1.82) is 0 Å². The second-order valence-electron chi connectivity index (χ2n) is 11.4. The minimum Gasteiger partial charge on any atom is -0.390 e. The number of rotatable bonds is 5. The number of hydrogen-bond donors (Lipinski definition) is 1. The predicted octanol–water partition coefficient (Wildman–Crippen LogP) is 5.63. The predicted molar refractivity (Wildman–Crippen MR) is 123 cm³/mol. The van der Waals surface area contributed by atoms with Gasteiger partial charge in [-0.2, -0.15) is 0 Å². The Balaban J connectivity index is 1.69. The molecule has 9 atom stereocenters. The Labute approximate surface area is 188 Å². The van der Waals surface area contributed by atoms with Gasteiger partial charge >= 0.3 is 0 Å². The monoisotopic (exact) mass is 430 g/mol. The van der Waals surface area contributed by atoms with Crippen LogP contribution in [0.3, 0.4) is 0 Å². The Hall–Kier alpha value is -0.940. The van der Waals surface area contributed by atoms with E-state index in [1.165, 1.54) is 24.0 Å². The summed E-state index contributed by atoms with van der Waals surface area (Å²) in [5.74, 6) is 1.19. The maximum absolute atomic E-state index is 11.5. The van der Waals surface area contributed by atoms with E-state index in [-0.39, 0.29) is 23.5 Å². The summed E-state index contributed by atoms with van der Waals surface area (Å²) in [7, 11) is 3.42. The van der Waals surface area contributed by atoms with Gasteiger partial charge in [0.1, 0.15) is 0 Å². The molecule has 0 bridgehead atoms. The average molecular weight is 431 g/mol. The molecule has 0 aromatic rings. The van der Waals surface area contributed by atoms with E-state index >= 15 is 0 Å². The van der Waals surface area contributed by atoms with Crippen LogP contribution in [0.25, 0.3) is 0 Å². The molecule has 1 saturated heterocycles. The zero-order valence-electron chi connectivity index (χ0n) is 20.5. The standard InChI is InChI=1S/C27H42O4/c1-17(2)9-8-10-18(3)19-13-14-25(4)15-22-23-20(11-12-21(19)25)24(29-6)31-27(23,30-7)16-26(22,5)28/h8-11,18-19,21-24,28H,12-16H2,1-7H3/t18-,19+,21-,22-,23+,24-,25+,26+,27-/m0/s1. The number of hydrogen-bond acceptors (Lipinski definition) is 4. The molecule has 1 N–H and O–H groups in total. The first kappa shape index (κ1) is 23.2. The fourth-order valence-corrected chi connectivity index (χ4v) is 7.47. The van der Waals surface area contributed by atoms with Crippen molar-refractivity contribution in [3.63, 3.8) is 0 Å². The summed E-state index contributed by atoms with van der Waals surface area (Å²) in [5.41, 5.74) is 1.93. The van der Waals surface area contributed by atoms with Gasteiger partial charge in [-0.25, -0.2) is 0 Å². The van der Waals surface area contributed by atoms with Crippen LogP contribution in [-0.2, 0) is 14.2 Å². The SMILES string of the molecule is CO[C@H]1O[C@@]2(OC)C[C@@](C)(O)[C@H]3C[C@@]4(C)CC[C@H]([C@@H](C)C=CC=C(C)C)[C@@H]4CC=C1[C@H]32. The molecule has 31 heavy (non-hydrogen) atoms. The molecule has 1 heterocycles. The number of methoxy groups -OCH3 is 2. The van der Waals surface area contributed by atoms with Crippen LogP contribution in [0.5, 0.6) is 0 Å². The lowest BCUT2D eigenvalue weighted by Crippen LogP contribution is -2.40. The highest BCUT2D eigenvalue weighted by Gasteiger charge is 2.68. The summed E-state index contributed by atoms with van der Waals surface area (Å²) in [6.45, 7) is 11.1. The maximum atomic E-state index is 11.5. The van der Waals surface area contributed by atoms with Crippen LogP contribution in [0.1, 0.15) is 66.7 Å². The average Bonchev–Trinajstić information content (AvgIpc) is 3.23. The van der Waals surface area contributed by atoms with Crippen LogP contribution < -0.4 is 0 Å². The van der Waals surface area contributed by atoms with Gasteiger partial charge in [-0.15, -0.1) is 0 Å². The van der Waals surface area contributed by atoms with Gasteiger partial charge in [-0.1, -0.05) is 43.7 Å². The van der Waals surface area contributed by atoms with Crippen molar-refractivity contribution >= 4 is 0 Å². The zero-order chi connectivity index (χ0) is 22.6. The van der Waals surface area contributed by atoms with Crippen molar-refractivity contribution in [2.45, 2.75) is 84.4 Å². The van der Waals surface area contributed by atoms with Gasteiger partial charge in [0.2, 0.25) is 0 Å². The minimum absolute atomic E-state index is 0.0595. The molecule has 174 valence electrons. The van der Waals surface area contributed by atoms with Crippen LogP contribution in [0, 0.1) is 35.0 Å². The second kappa shape index (κ2) is 8.13. The van der Waals surface area contributed by atoms with E-state index in [0.717, 1.165) is 12.8 Å². The lowest BCUT2D eigenvalue weighted by molar-refractivity contribution is -0.265. The summed E-state index contributed by atoms with van der Waals surface area (Å²) in [4.78, 5) is 0. The number of allylic oxidation sites excluding steroid dienone is 5. The smallest absolute Gasteiger partial charge is 0.183 e. The molecule has 1 aliphatic heterocycles. The van der Waals surface area contributed by atoms with Crippen molar-refractivity contribution in [3.8, 4) is 0 Å². The van der Waals surface area contributed by atoms with Crippen LogP contribution >= 0.6 is 0 Å². The highest BCUT2D eigenvalue weighted by molar-refractivity contribution is 5.28. The number of fused-ring (bicyclic) bond motifs is 1. The molecule has 0 radical (unpaired) electrons. The molecule has 3 aliphatic carbocycles. The van der Waals surface area contributed by atoms with Crippen molar-refractivity contribution in [3.05, 3.63) is 35.5 Å². The van der Waals surface area contributed by atoms with Gasteiger partial charge in [0.15, 0.2) is 12.1 Å². The number of aliphatic hydroxyl groups is 1. The topological polar surface area (TPSA) is 47.9 Å². The van der Waals surface area contributed by atoms with Gasteiger partial charge in [0.05, 0.1) is 5.60 Å². The molecule has 4 heteroatoms. The van der Waals surface area contributed by atoms with E-state index in [1.54, 1.807) is 14.2 Å². The fourth-order valence-electron chi connectivity index (χ4n) is 7.47. The maximum Gasteiger partial charge on any atom is 0.183 e. The Kier molecular flexibility index (Phi) is 6.09. The van der Waals surface area contributed by atoms with Crippen molar-refractivity contribution in [1.82, 2.24) is 0 Å². The summed E-state index contributed by atoms with van der Waals surface area (Å²) >= 11 is 0. The van der Waals surface area contributed by atoms with E-state index in [0.29, 0.717) is 24.2 Å². The molecule has 0 aromatic heterocycles. The summed E-state index contributed by atoms with van der Waals surface area (Å²) < 4.78 is 18.1. The minimum atomic E-state index is -0.809. The third kappa shape index (κ3) is 3.78. The van der Waals surface area contributed by atoms with E-state index in [2.05, 4.69) is 52.0 Å². The first-order valence-electron chi connectivity index (χ1n) is 12.1. The van der Waals surface area contributed by atoms with E-state index in [1.807, 2.05) is 6.92 Å². The van der Waals surface area contributed by atoms with Gasteiger partial charge in [-0.05, 0) is 81.1 Å². The third-order valence-corrected chi connectivity index (χ3v) is 9.05. The number of ether oxygens (including phenoxy) is 3. The van der Waals surface area contributed by atoms with Gasteiger partial charge < -0.3 is 19.3 Å². The van der Waals surface area contributed by atoms with Crippen molar-refractivity contribution < 1.29 is 19.3 Å². The molecule has 0 amide bonds. The van der Waals surface area contributed by atoms with Gasteiger partial charge in [-0.3, -0.25) is 0 Å². The molecule has 4 aliphatic rings. The Morgan fingerprint density at radius 3 is 2.65 bits per heavy atom. The highest BCUT2D eigenvalue weighted by Crippen LogP contribution is 2.65. The molecule has 4 rings (SSSR count). The molecular weight excluding hydrogens is 388 g/mol. The van der Waals surface area contributed by atoms with E-state index in [9.17, 15) is 5.11 Å². The second-order valence-corrected chi connectivity index (χ2v) is 11.4. The lowest BCUT2D eigenvalue weighted by atomic mass is 9.62. The quantitative estimate of drug-likeness (QED) is 0.454. The fraction of sp³-hybridized carbons (Fsp3) is 0.778. The van der Waals surface area contributed by atoms with Gasteiger partial charge in [0, 0.05) is 26.6 Å². The highest BCUT2D eigenvalue weighted by atomic mass is 16.8. The van der Waals surface area contributed by atoms with E-state index in [4.69, 9.17) is 14.2 Å². The molecule has 3 fully saturated rings. The van der Waals surface area contributed by atoms with Crippen LogP contribution in [-0.4, -0.2) is 37.0 Å². The molecular formula is C27H42O4. The van der Waals surface area contributed by atoms with Crippen molar-refractivity contribution in [2.75, 3.05) is 14.2 Å². The summed E-state index contributed by atoms with van der Waals surface area (Å²) in [5, 5.41) is 11.5. The third-order valence-electron chi connectivity index (χ3n) is 9.05. The van der Waals surface area contributed by atoms with Crippen LogP contribution in [0.4, 0.5) is 0 Å². The summed E-state index contributed by atoms with van der Waals surface area (Å²) in [6.07, 6.45) is 13.9. The zero-order valence-corrected chi connectivity index (χ0v) is 20.5. The Morgan fingerprint density at radius 2 is 2.00 bits per heavy atom. The normalized spacial score (nSPS) is 47.5. The Morgan fingerprint density at radius 1 is 1.26 bits per heavy atom. The van der Waals surface area contributed by atoms with E-state index < -0.39 is 11.4 Å². The summed E-state index contributed by atoms with van der Waals surface area (Å²) in [6, 6.07) is 0. The van der Waals surface area contributed by atoms with Crippen molar-refractivity contribution in [2.24, 2.45) is 35.0 Å². The van der Waals surface area contributed by atoms with Crippen LogP contribution in [0.15, 0.2) is 35.5 Å². The molecule has 2 saturated carbocycles. The molecule has 0 unspecified atom stereocenters. The lowest BCUT2D eigenvalue weighted by Gasteiger charge is -2.43. The Bertz CT molecular complexity index is 776. The first-order chi connectivity index (χ1) is 14.6. The van der Waals surface area contributed by atoms with Gasteiger partial charge in [0.25, 0.3) is 0 Å². The molecule has 0 spiro atoms.